The zero-order valence-corrected chi connectivity index (χ0v) is 19.2. The van der Waals surface area contributed by atoms with Crippen molar-refractivity contribution >= 4 is 33.3 Å². The first-order valence-electron chi connectivity index (χ1n) is 10.8. The lowest BCUT2D eigenvalue weighted by atomic mass is 10.0. The van der Waals surface area contributed by atoms with Crippen molar-refractivity contribution < 1.29 is 22.7 Å². The maximum Gasteiger partial charge on any atom is 0.416 e. The average Bonchev–Trinajstić information content (AvgIpc) is 3.30. The lowest BCUT2D eigenvalue weighted by Crippen LogP contribution is -2.35. The molecule has 1 N–H and O–H groups in total. The molecule has 0 atom stereocenters. The molecule has 0 unspecified atom stereocenters. The zero-order chi connectivity index (χ0) is 24.4. The number of amides is 1. The lowest BCUT2D eigenvalue weighted by Gasteiger charge is -2.25. The number of ether oxygens (including phenoxy) is 1. The van der Waals surface area contributed by atoms with Crippen LogP contribution in [0.15, 0.2) is 54.2 Å². The van der Waals surface area contributed by atoms with Crippen LogP contribution >= 0.6 is 11.3 Å². The molecule has 0 saturated carbocycles. The van der Waals surface area contributed by atoms with Crippen molar-refractivity contribution in [3.63, 3.8) is 0 Å². The third-order valence-corrected chi connectivity index (χ3v) is 6.40. The summed E-state index contributed by atoms with van der Waals surface area (Å²) in [5, 5.41) is 5.73. The molecule has 0 aliphatic carbocycles. The van der Waals surface area contributed by atoms with Gasteiger partial charge in [0.05, 0.1) is 30.0 Å². The van der Waals surface area contributed by atoms with Crippen molar-refractivity contribution in [3.8, 4) is 11.1 Å². The number of nitrogens with one attached hydrogen (secondary N) is 1. The number of nitrogens with zero attached hydrogens (tertiary/aromatic N) is 4. The molecule has 3 aromatic heterocycles. The number of fused-ring (bicyclic) bond motifs is 1. The van der Waals surface area contributed by atoms with Gasteiger partial charge in [-0.2, -0.15) is 13.2 Å². The molecule has 1 aromatic carbocycles. The number of benzene rings is 1. The van der Waals surface area contributed by atoms with Gasteiger partial charge in [-0.25, -0.2) is 9.97 Å². The Morgan fingerprint density at radius 2 is 1.94 bits per heavy atom. The zero-order valence-electron chi connectivity index (χ0n) is 18.4. The molecule has 0 bridgehead atoms. The maximum absolute atomic E-state index is 13.2. The van der Waals surface area contributed by atoms with Crippen LogP contribution in [-0.2, 0) is 17.5 Å². The number of hydrogen-bond donors (Lipinski definition) is 1. The molecular formula is C24H20F3N5O2S. The van der Waals surface area contributed by atoms with E-state index in [1.54, 1.807) is 24.4 Å². The lowest BCUT2D eigenvalue weighted by molar-refractivity contribution is -0.137. The number of carbonyl (C=O) groups is 1. The Balaban J connectivity index is 1.38. The second-order valence-corrected chi connectivity index (χ2v) is 8.88. The summed E-state index contributed by atoms with van der Waals surface area (Å²) in [4.78, 5) is 28.2. The number of alkyl halides is 3. The summed E-state index contributed by atoms with van der Waals surface area (Å²) < 4.78 is 45.0. The molecule has 5 rings (SSSR count). The molecule has 1 saturated heterocycles. The van der Waals surface area contributed by atoms with Gasteiger partial charge < -0.3 is 4.74 Å². The van der Waals surface area contributed by atoms with Crippen molar-refractivity contribution in [3.05, 3.63) is 71.1 Å². The highest BCUT2D eigenvalue weighted by molar-refractivity contribution is 7.14. The van der Waals surface area contributed by atoms with Crippen molar-refractivity contribution in [1.82, 2.24) is 19.9 Å². The van der Waals surface area contributed by atoms with Gasteiger partial charge in [-0.15, -0.1) is 11.3 Å². The van der Waals surface area contributed by atoms with E-state index in [4.69, 9.17) is 4.74 Å². The molecule has 0 spiro atoms. The van der Waals surface area contributed by atoms with E-state index in [1.807, 2.05) is 5.38 Å². The summed E-state index contributed by atoms with van der Waals surface area (Å²) in [7, 11) is 0. The van der Waals surface area contributed by atoms with Crippen LogP contribution in [0.5, 0.6) is 0 Å². The van der Waals surface area contributed by atoms with Gasteiger partial charge >= 0.3 is 6.18 Å². The molecule has 1 aliphatic rings. The van der Waals surface area contributed by atoms with E-state index in [2.05, 4.69) is 25.2 Å². The summed E-state index contributed by atoms with van der Waals surface area (Å²) in [6, 6.07) is 8.19. The third kappa shape index (κ3) is 5.31. The van der Waals surface area contributed by atoms with E-state index in [0.717, 1.165) is 30.9 Å². The van der Waals surface area contributed by atoms with E-state index >= 15 is 0 Å². The quantitative estimate of drug-likeness (QED) is 0.423. The molecular weight excluding hydrogens is 479 g/mol. The van der Waals surface area contributed by atoms with E-state index in [1.165, 1.54) is 23.6 Å². The Hall–Kier alpha value is -3.41. The van der Waals surface area contributed by atoms with Gasteiger partial charge in [-0.05, 0) is 29.8 Å². The standard InChI is InChI=1S/C24H20F3N5O2S/c25-24(26,27)17-3-1-2-15(10-17)19-12-28-11-16-4-5-20(30-21(16)19)22(33)31-23-29-18(14-35-23)13-32-6-8-34-9-7-32/h1-5,10-12,14H,6-9,13H2,(H,29,31,33). The molecule has 7 nitrogen and oxygen atoms in total. The normalized spacial score (nSPS) is 14.8. The number of halogens is 3. The van der Waals surface area contributed by atoms with Crippen LogP contribution < -0.4 is 5.32 Å². The number of rotatable bonds is 5. The predicted octanol–water partition coefficient (Wildman–Crippen LogP) is 4.86. The first-order valence-corrected chi connectivity index (χ1v) is 11.7. The average molecular weight is 500 g/mol. The van der Waals surface area contributed by atoms with Crippen molar-refractivity contribution in [1.29, 1.82) is 0 Å². The van der Waals surface area contributed by atoms with E-state index in [0.29, 0.717) is 46.9 Å². The molecule has 0 radical (unpaired) electrons. The Labute approximate surface area is 202 Å². The fourth-order valence-electron chi connectivity index (χ4n) is 3.83. The topological polar surface area (TPSA) is 80.2 Å². The van der Waals surface area contributed by atoms with Gasteiger partial charge in [0.1, 0.15) is 5.69 Å². The summed E-state index contributed by atoms with van der Waals surface area (Å²) in [5.74, 6) is -0.453. The molecule has 11 heteroatoms. The second-order valence-electron chi connectivity index (χ2n) is 8.02. The Morgan fingerprint density at radius 1 is 1.11 bits per heavy atom. The monoisotopic (exact) mass is 499 g/mol. The van der Waals surface area contributed by atoms with Gasteiger partial charge in [0.15, 0.2) is 5.13 Å². The minimum absolute atomic E-state index is 0.127. The number of thiazole rings is 1. The van der Waals surface area contributed by atoms with Gasteiger partial charge in [0.2, 0.25) is 0 Å². The Kier molecular flexibility index (Phi) is 6.46. The van der Waals surface area contributed by atoms with Crippen LogP contribution in [0.25, 0.3) is 22.0 Å². The SMILES string of the molecule is O=C(Nc1nc(CN2CCOCC2)cs1)c1ccc2cncc(-c3cccc(C(F)(F)F)c3)c2n1. The third-order valence-electron chi connectivity index (χ3n) is 5.59. The van der Waals surface area contributed by atoms with Crippen LogP contribution in [0, 0.1) is 0 Å². The number of aromatic nitrogens is 3. The van der Waals surface area contributed by atoms with E-state index < -0.39 is 17.6 Å². The molecule has 1 amide bonds. The number of hydrogen-bond acceptors (Lipinski definition) is 7. The van der Waals surface area contributed by atoms with Crippen molar-refractivity contribution in [2.45, 2.75) is 12.7 Å². The molecule has 4 aromatic rings. The number of morpholine rings is 1. The smallest absolute Gasteiger partial charge is 0.379 e. The highest BCUT2D eigenvalue weighted by Crippen LogP contribution is 2.34. The summed E-state index contributed by atoms with van der Waals surface area (Å²) in [6.45, 7) is 3.74. The highest BCUT2D eigenvalue weighted by Gasteiger charge is 2.30. The number of carbonyl (C=O) groups excluding carboxylic acids is 1. The fraction of sp³-hybridized carbons (Fsp3) is 0.250. The Bertz CT molecular complexity index is 1370. The summed E-state index contributed by atoms with van der Waals surface area (Å²) in [5.41, 5.74) is 1.33. The summed E-state index contributed by atoms with van der Waals surface area (Å²) >= 11 is 1.32. The van der Waals surface area contributed by atoms with Crippen molar-refractivity contribution in [2.24, 2.45) is 0 Å². The van der Waals surface area contributed by atoms with E-state index in [9.17, 15) is 18.0 Å². The maximum atomic E-state index is 13.2. The van der Waals surface area contributed by atoms with Crippen LogP contribution in [0.3, 0.4) is 0 Å². The van der Waals surface area contributed by atoms with Gasteiger partial charge in [-0.3, -0.25) is 20.0 Å². The molecule has 180 valence electrons. The van der Waals surface area contributed by atoms with Crippen LogP contribution in [0.2, 0.25) is 0 Å². The highest BCUT2D eigenvalue weighted by atomic mass is 32.1. The fourth-order valence-corrected chi connectivity index (χ4v) is 4.53. The Morgan fingerprint density at radius 3 is 2.74 bits per heavy atom. The van der Waals surface area contributed by atoms with Gasteiger partial charge in [-0.1, -0.05) is 12.1 Å². The van der Waals surface area contributed by atoms with E-state index in [-0.39, 0.29) is 5.69 Å². The first kappa shape index (κ1) is 23.3. The van der Waals surface area contributed by atoms with Crippen molar-refractivity contribution in [2.75, 3.05) is 31.6 Å². The predicted molar refractivity (Wildman–Crippen MR) is 126 cm³/mol. The largest absolute Gasteiger partial charge is 0.416 e. The van der Waals surface area contributed by atoms with Crippen LogP contribution in [0.1, 0.15) is 21.7 Å². The summed E-state index contributed by atoms with van der Waals surface area (Å²) in [6.07, 6.45) is -1.47. The number of anilines is 1. The molecule has 1 fully saturated rings. The minimum Gasteiger partial charge on any atom is -0.379 e. The first-order chi connectivity index (χ1) is 16.9. The van der Waals surface area contributed by atoms with Crippen LogP contribution in [-0.4, -0.2) is 52.1 Å². The van der Waals surface area contributed by atoms with Gasteiger partial charge in [0.25, 0.3) is 5.91 Å². The molecule has 4 heterocycles. The second kappa shape index (κ2) is 9.68. The minimum atomic E-state index is -4.47. The van der Waals surface area contributed by atoms with Gasteiger partial charge in [0, 0.05) is 48.4 Å². The molecule has 35 heavy (non-hydrogen) atoms. The molecule has 1 aliphatic heterocycles. The number of pyridine rings is 2. The van der Waals surface area contributed by atoms with Crippen LogP contribution in [0.4, 0.5) is 18.3 Å².